The van der Waals surface area contributed by atoms with E-state index in [-0.39, 0.29) is 5.92 Å². The number of piperidine rings is 1. The van der Waals surface area contributed by atoms with Crippen molar-refractivity contribution in [3.8, 4) is 0 Å². The number of hydrogen-bond donors (Lipinski definition) is 1. The van der Waals surface area contributed by atoms with Crippen molar-refractivity contribution in [3.05, 3.63) is 101 Å². The Balaban J connectivity index is 1.33. The molecule has 1 saturated heterocycles. The van der Waals surface area contributed by atoms with Gasteiger partial charge in [0.1, 0.15) is 0 Å². The van der Waals surface area contributed by atoms with Crippen molar-refractivity contribution in [2.45, 2.75) is 38.5 Å². The fraction of sp³-hybridized carbons (Fsp3) is 0.310. The molecule has 1 unspecified atom stereocenters. The first-order valence-corrected chi connectivity index (χ1v) is 14.1. The van der Waals surface area contributed by atoms with E-state index in [0.29, 0.717) is 17.6 Å². The largest absolute Gasteiger partial charge is 0.367 e. The molecule has 0 radical (unpaired) electrons. The zero-order valence-corrected chi connectivity index (χ0v) is 21.2. The number of hydrogen-bond acceptors (Lipinski definition) is 4. The summed E-state index contributed by atoms with van der Waals surface area (Å²) in [5, 5.41) is 3.21. The smallest absolute Gasteiger partial charge is 0.352 e. The van der Waals surface area contributed by atoms with E-state index < -0.39 is 10.2 Å². The Morgan fingerprint density at radius 3 is 2.17 bits per heavy atom. The van der Waals surface area contributed by atoms with Gasteiger partial charge in [0.15, 0.2) is 11.7 Å². The summed E-state index contributed by atoms with van der Waals surface area (Å²) in [7, 11) is -3.90. The van der Waals surface area contributed by atoms with Gasteiger partial charge in [-0.25, -0.2) is 0 Å². The van der Waals surface area contributed by atoms with E-state index in [1.54, 1.807) is 0 Å². The van der Waals surface area contributed by atoms with Gasteiger partial charge in [0.25, 0.3) is 0 Å². The lowest BCUT2D eigenvalue weighted by atomic mass is 9.75. The number of nitrogens with zero attached hydrogens (tertiary/aromatic N) is 3. The van der Waals surface area contributed by atoms with Gasteiger partial charge in [-0.15, -0.1) is 8.80 Å². The fourth-order valence-electron chi connectivity index (χ4n) is 5.94. The number of anilines is 1. The SMILES string of the molecule is Cc1ccc(NC2=NS(=O)(=O)N=C2N2CCCC(C3c4ccccc4CCc4ccccc43)C2)cc1. The molecule has 3 aromatic rings. The Labute approximate surface area is 213 Å². The van der Waals surface area contributed by atoms with Crippen LogP contribution >= 0.6 is 0 Å². The number of aryl methyl sites for hydroxylation is 3. The van der Waals surface area contributed by atoms with Gasteiger partial charge in [-0.05, 0) is 72.9 Å². The summed E-state index contributed by atoms with van der Waals surface area (Å²) in [6, 6.07) is 25.5. The first-order chi connectivity index (χ1) is 17.5. The highest BCUT2D eigenvalue weighted by Crippen LogP contribution is 2.42. The van der Waals surface area contributed by atoms with Crippen LogP contribution in [0.4, 0.5) is 5.69 Å². The van der Waals surface area contributed by atoms with E-state index in [9.17, 15) is 8.42 Å². The molecule has 3 aromatic carbocycles. The highest BCUT2D eigenvalue weighted by atomic mass is 32.2. The third-order valence-electron chi connectivity index (χ3n) is 7.61. The van der Waals surface area contributed by atoms with Crippen molar-refractivity contribution in [1.82, 2.24) is 4.90 Å². The second kappa shape index (κ2) is 9.21. The van der Waals surface area contributed by atoms with Crippen LogP contribution in [0.2, 0.25) is 0 Å². The number of likely N-dealkylation sites (tertiary alicyclic amines) is 1. The molecule has 6 nitrogen and oxygen atoms in total. The second-order valence-corrected chi connectivity index (χ2v) is 11.3. The summed E-state index contributed by atoms with van der Waals surface area (Å²) < 4.78 is 32.9. The van der Waals surface area contributed by atoms with Crippen molar-refractivity contribution >= 4 is 27.6 Å². The molecule has 1 fully saturated rings. The maximum atomic E-state index is 12.5. The van der Waals surface area contributed by atoms with Gasteiger partial charge in [-0.2, -0.15) is 8.42 Å². The van der Waals surface area contributed by atoms with Crippen LogP contribution in [-0.2, 0) is 23.1 Å². The van der Waals surface area contributed by atoms with E-state index in [1.165, 1.54) is 22.3 Å². The van der Waals surface area contributed by atoms with Crippen molar-refractivity contribution in [2.75, 3.05) is 18.4 Å². The predicted octanol–water partition coefficient (Wildman–Crippen LogP) is 5.11. The average molecular weight is 499 g/mol. The maximum absolute atomic E-state index is 12.5. The third kappa shape index (κ3) is 4.44. The van der Waals surface area contributed by atoms with Crippen LogP contribution in [0.1, 0.15) is 46.6 Å². The number of amidine groups is 2. The Morgan fingerprint density at radius 1 is 0.861 bits per heavy atom. The number of benzene rings is 3. The van der Waals surface area contributed by atoms with Gasteiger partial charge >= 0.3 is 10.2 Å². The summed E-state index contributed by atoms with van der Waals surface area (Å²) >= 11 is 0. The highest BCUT2D eigenvalue weighted by molar-refractivity contribution is 7.89. The van der Waals surface area contributed by atoms with E-state index in [2.05, 4.69) is 67.5 Å². The molecular formula is C29H30N4O2S. The van der Waals surface area contributed by atoms with E-state index in [4.69, 9.17) is 0 Å². The average Bonchev–Trinajstić information content (AvgIpc) is 3.09. The van der Waals surface area contributed by atoms with Crippen LogP contribution in [-0.4, -0.2) is 38.1 Å². The van der Waals surface area contributed by atoms with Gasteiger partial charge in [0.05, 0.1) is 0 Å². The second-order valence-electron chi connectivity index (χ2n) is 10.0. The van der Waals surface area contributed by atoms with Crippen LogP contribution in [0.3, 0.4) is 0 Å². The van der Waals surface area contributed by atoms with Crippen LogP contribution in [0.5, 0.6) is 0 Å². The predicted molar refractivity (Wildman–Crippen MR) is 145 cm³/mol. The summed E-state index contributed by atoms with van der Waals surface area (Å²) in [6.45, 7) is 3.51. The van der Waals surface area contributed by atoms with Gasteiger partial charge < -0.3 is 10.2 Å². The quantitative estimate of drug-likeness (QED) is 0.533. The normalized spacial score (nSPS) is 21.1. The topological polar surface area (TPSA) is 74.1 Å². The van der Waals surface area contributed by atoms with Crippen LogP contribution in [0.15, 0.2) is 81.6 Å². The summed E-state index contributed by atoms with van der Waals surface area (Å²) in [6.07, 6.45) is 4.15. The lowest BCUT2D eigenvalue weighted by molar-refractivity contribution is 0.243. The van der Waals surface area contributed by atoms with E-state index in [1.807, 2.05) is 31.2 Å². The molecule has 0 amide bonds. The van der Waals surface area contributed by atoms with Gasteiger partial charge in [-0.1, -0.05) is 66.2 Å². The molecule has 0 spiro atoms. The van der Waals surface area contributed by atoms with Gasteiger partial charge in [-0.3, -0.25) is 0 Å². The molecular weight excluding hydrogens is 468 g/mol. The molecule has 1 N–H and O–H groups in total. The summed E-state index contributed by atoms with van der Waals surface area (Å²) in [5.74, 6) is 1.34. The lowest BCUT2D eigenvalue weighted by Gasteiger charge is -2.39. The maximum Gasteiger partial charge on any atom is 0.367 e. The van der Waals surface area contributed by atoms with Crippen LogP contribution in [0, 0.1) is 12.8 Å². The van der Waals surface area contributed by atoms with Crippen molar-refractivity contribution < 1.29 is 8.42 Å². The lowest BCUT2D eigenvalue weighted by Crippen LogP contribution is -2.45. The molecule has 3 aliphatic rings. The first-order valence-electron chi connectivity index (χ1n) is 12.7. The Kier molecular flexibility index (Phi) is 5.88. The zero-order chi connectivity index (χ0) is 24.7. The Morgan fingerprint density at radius 2 is 1.50 bits per heavy atom. The highest BCUT2D eigenvalue weighted by Gasteiger charge is 2.37. The molecule has 0 aromatic heterocycles. The Bertz CT molecular complexity index is 1410. The van der Waals surface area contributed by atoms with Crippen LogP contribution in [0.25, 0.3) is 0 Å². The fourth-order valence-corrected chi connectivity index (χ4v) is 6.76. The molecule has 6 rings (SSSR count). The molecule has 2 aliphatic heterocycles. The monoisotopic (exact) mass is 498 g/mol. The van der Waals surface area contributed by atoms with E-state index >= 15 is 0 Å². The van der Waals surface area contributed by atoms with Gasteiger partial charge in [0, 0.05) is 24.7 Å². The standard InChI is InChI=1S/C29H30N4O2S/c1-20-12-16-24(17-13-20)30-28-29(32-36(34,35)31-28)33-18-6-9-23(19-33)27-25-10-4-2-7-21(25)14-15-22-8-3-5-11-26(22)27/h2-5,7-8,10-13,16-17,23,27H,6,9,14-15,18-19H2,1H3,(H,30,31). The van der Waals surface area contributed by atoms with Crippen molar-refractivity contribution in [2.24, 2.45) is 14.7 Å². The number of fused-ring (bicyclic) bond motifs is 2. The minimum atomic E-state index is -3.90. The summed E-state index contributed by atoms with van der Waals surface area (Å²) in [5.41, 5.74) is 7.58. The molecule has 184 valence electrons. The number of nitrogens with one attached hydrogen (secondary N) is 1. The van der Waals surface area contributed by atoms with Crippen molar-refractivity contribution in [3.63, 3.8) is 0 Å². The molecule has 36 heavy (non-hydrogen) atoms. The number of rotatable bonds is 2. The van der Waals surface area contributed by atoms with Crippen LogP contribution < -0.4 is 5.32 Å². The van der Waals surface area contributed by atoms with Gasteiger partial charge in [0.2, 0.25) is 0 Å². The summed E-state index contributed by atoms with van der Waals surface area (Å²) in [4.78, 5) is 2.12. The molecule has 1 atom stereocenters. The Hall–Kier alpha value is -3.45. The molecule has 2 heterocycles. The minimum Gasteiger partial charge on any atom is -0.352 e. The third-order valence-corrected chi connectivity index (χ3v) is 8.42. The molecule has 7 heteroatoms. The molecule has 1 aliphatic carbocycles. The molecule has 0 saturated carbocycles. The minimum absolute atomic E-state index is 0.270. The molecule has 0 bridgehead atoms. The zero-order valence-electron chi connectivity index (χ0n) is 20.4. The van der Waals surface area contributed by atoms with Crippen molar-refractivity contribution in [1.29, 1.82) is 0 Å². The first kappa shape index (κ1) is 23.0. The van der Waals surface area contributed by atoms with E-state index in [0.717, 1.165) is 50.0 Å².